The van der Waals surface area contributed by atoms with Gasteiger partial charge in [-0.1, -0.05) is 18.2 Å². The summed E-state index contributed by atoms with van der Waals surface area (Å²) in [6, 6.07) is 7.46. The number of methoxy groups -OCH3 is 1. The van der Waals surface area contributed by atoms with Crippen molar-refractivity contribution >= 4 is 17.5 Å². The Bertz CT molecular complexity index is 567. The van der Waals surface area contributed by atoms with E-state index in [1.54, 1.807) is 7.11 Å². The van der Waals surface area contributed by atoms with Gasteiger partial charge in [0.05, 0.1) is 6.61 Å². The van der Waals surface area contributed by atoms with Gasteiger partial charge in [0.1, 0.15) is 12.9 Å². The lowest BCUT2D eigenvalue weighted by molar-refractivity contribution is -0.116. The second-order valence-corrected chi connectivity index (χ2v) is 3.94. The number of aromatic nitrogens is 3. The van der Waals surface area contributed by atoms with Crippen molar-refractivity contribution in [2.75, 3.05) is 18.2 Å². The van der Waals surface area contributed by atoms with Gasteiger partial charge in [-0.15, -0.1) is 5.10 Å². The van der Waals surface area contributed by atoms with Gasteiger partial charge in [-0.2, -0.15) is 0 Å². The SMILES string of the molecule is COCc1ccccc1NC(=O)Cn1cnc(N)n1. The first-order chi connectivity index (χ1) is 9.19. The van der Waals surface area contributed by atoms with Gasteiger partial charge < -0.3 is 15.8 Å². The number of ether oxygens (including phenoxy) is 1. The molecule has 0 atom stereocenters. The smallest absolute Gasteiger partial charge is 0.246 e. The van der Waals surface area contributed by atoms with Gasteiger partial charge in [0, 0.05) is 18.4 Å². The Hall–Kier alpha value is -2.41. The summed E-state index contributed by atoms with van der Waals surface area (Å²) in [4.78, 5) is 15.6. The highest BCUT2D eigenvalue weighted by atomic mass is 16.5. The molecule has 2 rings (SSSR count). The molecular formula is C12H15N5O2. The number of nitrogen functional groups attached to an aromatic ring is 1. The quantitative estimate of drug-likeness (QED) is 0.823. The van der Waals surface area contributed by atoms with Crippen molar-refractivity contribution in [3.63, 3.8) is 0 Å². The number of hydrogen-bond acceptors (Lipinski definition) is 5. The van der Waals surface area contributed by atoms with Gasteiger partial charge in [0.2, 0.25) is 11.9 Å². The second-order valence-electron chi connectivity index (χ2n) is 3.94. The van der Waals surface area contributed by atoms with E-state index in [0.717, 1.165) is 11.3 Å². The number of hydrogen-bond donors (Lipinski definition) is 2. The van der Waals surface area contributed by atoms with Crippen LogP contribution in [0.2, 0.25) is 0 Å². The van der Waals surface area contributed by atoms with Gasteiger partial charge in [0.25, 0.3) is 0 Å². The molecule has 3 N–H and O–H groups in total. The molecule has 0 fully saturated rings. The monoisotopic (exact) mass is 261 g/mol. The number of nitrogens with two attached hydrogens (primary N) is 1. The molecule has 100 valence electrons. The number of nitrogens with zero attached hydrogens (tertiary/aromatic N) is 3. The molecule has 2 aromatic rings. The third kappa shape index (κ3) is 3.52. The predicted octanol–water partition coefficient (Wildman–Crippen LogP) is 0.645. The summed E-state index contributed by atoms with van der Waals surface area (Å²) >= 11 is 0. The molecule has 0 saturated carbocycles. The standard InChI is InChI=1S/C12H15N5O2/c1-19-7-9-4-2-3-5-10(9)15-11(18)6-17-8-14-12(13)16-17/h2-5,8H,6-7H2,1H3,(H2,13,16)(H,15,18). The first-order valence-electron chi connectivity index (χ1n) is 5.70. The van der Waals surface area contributed by atoms with Crippen molar-refractivity contribution < 1.29 is 9.53 Å². The zero-order valence-electron chi connectivity index (χ0n) is 10.5. The van der Waals surface area contributed by atoms with E-state index < -0.39 is 0 Å². The highest BCUT2D eigenvalue weighted by Gasteiger charge is 2.08. The highest BCUT2D eigenvalue weighted by molar-refractivity contribution is 5.91. The third-order valence-electron chi connectivity index (χ3n) is 2.45. The summed E-state index contributed by atoms with van der Waals surface area (Å²) in [5.41, 5.74) is 7.02. The largest absolute Gasteiger partial charge is 0.380 e. The molecule has 7 nitrogen and oxygen atoms in total. The lowest BCUT2D eigenvalue weighted by Gasteiger charge is -2.10. The van der Waals surface area contributed by atoms with E-state index in [4.69, 9.17) is 10.5 Å². The minimum absolute atomic E-state index is 0.0610. The molecule has 1 amide bonds. The number of rotatable bonds is 5. The molecule has 0 unspecified atom stereocenters. The number of nitrogens with one attached hydrogen (secondary N) is 1. The molecule has 0 aliphatic rings. The van der Waals surface area contributed by atoms with Gasteiger partial charge in [-0.25, -0.2) is 9.67 Å². The average molecular weight is 261 g/mol. The van der Waals surface area contributed by atoms with Gasteiger partial charge >= 0.3 is 0 Å². The molecule has 1 heterocycles. The minimum atomic E-state index is -0.201. The van der Waals surface area contributed by atoms with E-state index in [2.05, 4.69) is 15.4 Å². The van der Waals surface area contributed by atoms with Crippen molar-refractivity contribution in [3.8, 4) is 0 Å². The van der Waals surface area contributed by atoms with Crippen molar-refractivity contribution in [3.05, 3.63) is 36.2 Å². The van der Waals surface area contributed by atoms with Gasteiger partial charge in [-0.3, -0.25) is 4.79 Å². The lowest BCUT2D eigenvalue weighted by atomic mass is 10.2. The van der Waals surface area contributed by atoms with Crippen molar-refractivity contribution in [1.29, 1.82) is 0 Å². The molecule has 0 aliphatic carbocycles. The molecule has 0 aliphatic heterocycles. The predicted molar refractivity (Wildman–Crippen MR) is 70.2 cm³/mol. The zero-order valence-corrected chi connectivity index (χ0v) is 10.5. The summed E-state index contributed by atoms with van der Waals surface area (Å²) in [5.74, 6) is -0.0546. The van der Waals surface area contributed by atoms with Crippen LogP contribution in [0.5, 0.6) is 0 Å². The number of anilines is 2. The van der Waals surface area contributed by atoms with Crippen molar-refractivity contribution in [2.45, 2.75) is 13.2 Å². The second kappa shape index (κ2) is 5.96. The van der Waals surface area contributed by atoms with Crippen LogP contribution >= 0.6 is 0 Å². The molecule has 0 radical (unpaired) electrons. The lowest BCUT2D eigenvalue weighted by Crippen LogP contribution is -2.20. The molecule has 1 aromatic heterocycles. The molecule has 19 heavy (non-hydrogen) atoms. The van der Waals surface area contributed by atoms with Crippen LogP contribution < -0.4 is 11.1 Å². The van der Waals surface area contributed by atoms with Gasteiger partial charge in [-0.05, 0) is 6.07 Å². The minimum Gasteiger partial charge on any atom is -0.380 e. The maximum Gasteiger partial charge on any atom is 0.246 e. The molecular weight excluding hydrogens is 246 g/mol. The van der Waals surface area contributed by atoms with E-state index in [1.807, 2.05) is 24.3 Å². The van der Waals surface area contributed by atoms with Gasteiger partial charge in [0.15, 0.2) is 0 Å². The maximum atomic E-state index is 11.9. The Morgan fingerprint density at radius 2 is 2.26 bits per heavy atom. The van der Waals surface area contributed by atoms with E-state index in [1.165, 1.54) is 11.0 Å². The van der Waals surface area contributed by atoms with Crippen LogP contribution in [0.3, 0.4) is 0 Å². The van der Waals surface area contributed by atoms with Crippen LogP contribution in [0.1, 0.15) is 5.56 Å². The molecule has 0 spiro atoms. The Balaban J connectivity index is 2.02. The number of carbonyl (C=O) groups is 1. The van der Waals surface area contributed by atoms with Crippen LogP contribution in [0.4, 0.5) is 11.6 Å². The van der Waals surface area contributed by atoms with Crippen LogP contribution in [0, 0.1) is 0 Å². The van der Waals surface area contributed by atoms with Crippen molar-refractivity contribution in [1.82, 2.24) is 14.8 Å². The summed E-state index contributed by atoms with van der Waals surface area (Å²) < 4.78 is 6.45. The number of carbonyl (C=O) groups excluding carboxylic acids is 1. The number of benzene rings is 1. The summed E-state index contributed by atoms with van der Waals surface area (Å²) in [7, 11) is 1.61. The average Bonchev–Trinajstić information content (AvgIpc) is 2.77. The maximum absolute atomic E-state index is 11.9. The Morgan fingerprint density at radius 1 is 1.47 bits per heavy atom. The van der Waals surface area contributed by atoms with E-state index in [0.29, 0.717) is 6.61 Å². The van der Waals surface area contributed by atoms with E-state index >= 15 is 0 Å². The fourth-order valence-corrected chi connectivity index (χ4v) is 1.65. The van der Waals surface area contributed by atoms with Crippen molar-refractivity contribution in [2.24, 2.45) is 0 Å². The Labute approximate surface area is 110 Å². The van der Waals surface area contributed by atoms with Crippen LogP contribution in [-0.4, -0.2) is 27.8 Å². The fraction of sp³-hybridized carbons (Fsp3) is 0.250. The Morgan fingerprint density at radius 3 is 2.95 bits per heavy atom. The molecule has 1 aromatic carbocycles. The van der Waals surface area contributed by atoms with Crippen LogP contribution in [-0.2, 0) is 22.7 Å². The van der Waals surface area contributed by atoms with Crippen LogP contribution in [0.25, 0.3) is 0 Å². The number of para-hydroxylation sites is 1. The summed E-state index contributed by atoms with van der Waals surface area (Å²) in [5, 5.41) is 6.65. The topological polar surface area (TPSA) is 95.1 Å². The Kier molecular flexibility index (Phi) is 4.09. The normalized spacial score (nSPS) is 10.4. The molecule has 7 heteroatoms. The molecule has 0 saturated heterocycles. The summed E-state index contributed by atoms with van der Waals surface area (Å²) in [6.45, 7) is 0.498. The first-order valence-corrected chi connectivity index (χ1v) is 5.70. The highest BCUT2D eigenvalue weighted by Crippen LogP contribution is 2.15. The third-order valence-corrected chi connectivity index (χ3v) is 2.45. The van der Waals surface area contributed by atoms with E-state index in [9.17, 15) is 4.79 Å². The molecule has 0 bridgehead atoms. The fourth-order valence-electron chi connectivity index (χ4n) is 1.65. The number of amides is 1. The zero-order chi connectivity index (χ0) is 13.7. The first kappa shape index (κ1) is 13.0. The summed E-state index contributed by atoms with van der Waals surface area (Å²) in [6.07, 6.45) is 1.41. The van der Waals surface area contributed by atoms with Crippen LogP contribution in [0.15, 0.2) is 30.6 Å². The van der Waals surface area contributed by atoms with E-state index in [-0.39, 0.29) is 18.4 Å².